The predicted molar refractivity (Wildman–Crippen MR) is 210 cm³/mol. The van der Waals surface area contributed by atoms with E-state index in [4.69, 9.17) is 9.72 Å². The van der Waals surface area contributed by atoms with Crippen molar-refractivity contribution in [2.24, 2.45) is 5.41 Å². The largest absolute Gasteiger partial charge is 0.474 e. The molecule has 3 fully saturated rings. The van der Waals surface area contributed by atoms with Crippen molar-refractivity contribution in [3.05, 3.63) is 82.6 Å². The minimum Gasteiger partial charge on any atom is -0.474 e. The van der Waals surface area contributed by atoms with Crippen molar-refractivity contribution in [3.63, 3.8) is 0 Å². The van der Waals surface area contributed by atoms with Gasteiger partial charge in [-0.1, -0.05) is 6.07 Å². The number of urea groups is 1. The summed E-state index contributed by atoms with van der Waals surface area (Å²) in [4.78, 5) is 59.1. The molecule has 3 N–H and O–H groups in total. The van der Waals surface area contributed by atoms with Gasteiger partial charge in [0.25, 0.3) is 0 Å². The second-order valence-electron chi connectivity index (χ2n) is 15.6. The molecule has 5 aliphatic heterocycles. The predicted octanol–water partition coefficient (Wildman–Crippen LogP) is 4.86. The number of carbonyl (C=O) groups excluding carboxylic acids is 3. The third-order valence-corrected chi connectivity index (χ3v) is 12.0. The molecule has 290 valence electrons. The van der Waals surface area contributed by atoms with Crippen LogP contribution < -0.4 is 35.4 Å². The zero-order valence-corrected chi connectivity index (χ0v) is 31.7. The molecule has 0 saturated carbocycles. The number of halogens is 1. The molecule has 0 unspecified atom stereocenters. The monoisotopic (exact) mass is 760 g/mol. The first-order chi connectivity index (χ1) is 27.1. The van der Waals surface area contributed by atoms with Gasteiger partial charge in [-0.15, -0.1) is 0 Å². The summed E-state index contributed by atoms with van der Waals surface area (Å²) in [5, 5.41) is 8.96. The van der Waals surface area contributed by atoms with Crippen LogP contribution in [0.3, 0.4) is 0 Å². The van der Waals surface area contributed by atoms with Gasteiger partial charge in [0.05, 0.1) is 30.5 Å². The first kappa shape index (κ1) is 35.7. The summed E-state index contributed by atoms with van der Waals surface area (Å²) in [6.07, 6.45) is 6.72. The van der Waals surface area contributed by atoms with E-state index in [1.54, 1.807) is 17.0 Å². The zero-order chi connectivity index (χ0) is 38.6. The lowest BCUT2D eigenvalue weighted by molar-refractivity contribution is -0.144. The van der Waals surface area contributed by atoms with Gasteiger partial charge < -0.3 is 30.1 Å². The van der Waals surface area contributed by atoms with Crippen molar-refractivity contribution in [3.8, 4) is 5.88 Å². The van der Waals surface area contributed by atoms with Crippen LogP contribution in [0.25, 0.3) is 0 Å². The summed E-state index contributed by atoms with van der Waals surface area (Å²) >= 11 is 0. The molecule has 9 rings (SSSR count). The number of imide groups is 1. The minimum absolute atomic E-state index is 0.00688. The van der Waals surface area contributed by atoms with E-state index in [1.165, 1.54) is 6.07 Å². The lowest BCUT2D eigenvalue weighted by Crippen LogP contribution is -2.62. The van der Waals surface area contributed by atoms with Crippen LogP contribution in [-0.4, -0.2) is 90.1 Å². The Balaban J connectivity index is 0.771. The smallest absolute Gasteiger partial charge is 0.328 e. The van der Waals surface area contributed by atoms with Gasteiger partial charge in [-0.05, 0) is 80.1 Å². The highest BCUT2D eigenvalue weighted by Crippen LogP contribution is 2.42. The van der Waals surface area contributed by atoms with Gasteiger partial charge in [-0.2, -0.15) is 0 Å². The second-order valence-corrected chi connectivity index (χ2v) is 15.6. The molecular weight excluding hydrogens is 716 g/mol. The van der Waals surface area contributed by atoms with Crippen molar-refractivity contribution < 1.29 is 23.5 Å². The Morgan fingerprint density at radius 1 is 0.964 bits per heavy atom. The first-order valence-corrected chi connectivity index (χ1v) is 19.4. The number of aryl methyl sites for hydroxylation is 1. The van der Waals surface area contributed by atoms with Crippen molar-refractivity contribution in [2.75, 3.05) is 77.8 Å². The van der Waals surface area contributed by atoms with Gasteiger partial charge in [0.2, 0.25) is 23.6 Å². The van der Waals surface area contributed by atoms with Crippen molar-refractivity contribution in [2.45, 2.75) is 52.5 Å². The average Bonchev–Trinajstić information content (AvgIpc) is 3.18. The van der Waals surface area contributed by atoms with Gasteiger partial charge in [0.15, 0.2) is 0 Å². The molecule has 0 bridgehead atoms. The number of piperidine rings is 1. The molecule has 0 radical (unpaired) electrons. The third kappa shape index (κ3) is 6.79. The van der Waals surface area contributed by atoms with E-state index >= 15 is 4.39 Å². The summed E-state index contributed by atoms with van der Waals surface area (Å²) in [5.41, 5.74) is 8.90. The van der Waals surface area contributed by atoms with Crippen LogP contribution in [0, 0.1) is 25.1 Å². The molecule has 7 heterocycles. The summed E-state index contributed by atoms with van der Waals surface area (Å²) in [6, 6.07) is 10.5. The Labute approximate surface area is 324 Å². The van der Waals surface area contributed by atoms with E-state index in [0.29, 0.717) is 55.9 Å². The van der Waals surface area contributed by atoms with Crippen molar-refractivity contribution >= 4 is 52.2 Å². The topological polar surface area (TPSA) is 148 Å². The first-order valence-electron chi connectivity index (χ1n) is 19.4. The number of fused-ring (bicyclic) bond motifs is 2. The highest BCUT2D eigenvalue weighted by Gasteiger charge is 2.46. The fourth-order valence-electron chi connectivity index (χ4n) is 8.70. The number of carbonyl (C=O) groups is 3. The number of likely N-dealkylation sites (tertiary alicyclic amines) is 1. The number of benzene rings is 2. The number of amides is 4. The van der Waals surface area contributed by atoms with Crippen LogP contribution in [-0.2, 0) is 29.0 Å². The maximum atomic E-state index is 15.4. The van der Waals surface area contributed by atoms with Crippen molar-refractivity contribution in [1.82, 2.24) is 25.2 Å². The lowest BCUT2D eigenvalue weighted by Gasteiger charge is -2.54. The number of anilines is 6. The summed E-state index contributed by atoms with van der Waals surface area (Å²) in [5.74, 6) is 0.266. The number of pyridine rings is 1. The molecule has 56 heavy (non-hydrogen) atoms. The minimum atomic E-state index is -0.445. The number of nitrogens with one attached hydrogen (secondary N) is 3. The van der Waals surface area contributed by atoms with E-state index in [2.05, 4.69) is 48.7 Å². The van der Waals surface area contributed by atoms with Gasteiger partial charge in [-0.3, -0.25) is 19.8 Å². The van der Waals surface area contributed by atoms with Crippen molar-refractivity contribution in [1.29, 1.82) is 0 Å². The van der Waals surface area contributed by atoms with E-state index in [0.717, 1.165) is 90.6 Å². The maximum Gasteiger partial charge on any atom is 0.328 e. The number of ether oxygens (including phenoxy) is 1. The Bertz CT molecular complexity index is 2230. The fraction of sp³-hybridized carbons (Fsp3) is 0.415. The second kappa shape index (κ2) is 14.3. The fourth-order valence-corrected chi connectivity index (χ4v) is 8.70. The van der Waals surface area contributed by atoms with Gasteiger partial charge in [0, 0.05) is 86.5 Å². The molecule has 5 aliphatic rings. The SMILES string of the molecule is Cc1cc(N2CCC3(CC2)CN(C(=O)Cc2ccc(Nc4ncc5c(n4)CN(c4cnc6c(c4C)NCCO6)CC5)cc2F)C3)ccc1N1CCC(=O)NC1=O. The average molecular weight is 761 g/mol. The molecule has 15 heteroatoms. The van der Waals surface area contributed by atoms with Crippen LogP contribution in [0.4, 0.5) is 43.6 Å². The van der Waals surface area contributed by atoms with Crippen LogP contribution >= 0.6 is 0 Å². The molecular formula is C41H45FN10O4. The van der Waals surface area contributed by atoms with E-state index in [1.807, 2.05) is 36.4 Å². The third-order valence-electron chi connectivity index (χ3n) is 12.0. The van der Waals surface area contributed by atoms with Crippen LogP contribution in [0.15, 0.2) is 48.8 Å². The lowest BCUT2D eigenvalue weighted by atomic mass is 9.71. The Hall–Kier alpha value is -5.99. The quantitative estimate of drug-likeness (QED) is 0.238. The van der Waals surface area contributed by atoms with Crippen LogP contribution in [0.2, 0.25) is 0 Å². The number of hydrogen-bond acceptors (Lipinski definition) is 11. The highest BCUT2D eigenvalue weighted by molar-refractivity contribution is 6.06. The Morgan fingerprint density at radius 2 is 1.80 bits per heavy atom. The molecule has 0 atom stereocenters. The molecule has 1 spiro atoms. The van der Waals surface area contributed by atoms with E-state index < -0.39 is 5.82 Å². The molecule has 2 aromatic heterocycles. The summed E-state index contributed by atoms with van der Waals surface area (Å²) in [7, 11) is 0. The molecule has 0 aliphatic carbocycles. The molecule has 14 nitrogen and oxygen atoms in total. The molecule has 4 aromatic rings. The van der Waals surface area contributed by atoms with E-state index in [9.17, 15) is 14.4 Å². The van der Waals surface area contributed by atoms with Gasteiger partial charge in [0.1, 0.15) is 18.1 Å². The molecule has 2 aromatic carbocycles. The number of aromatic nitrogens is 3. The van der Waals surface area contributed by atoms with E-state index in [-0.39, 0.29) is 36.1 Å². The summed E-state index contributed by atoms with van der Waals surface area (Å²) < 4.78 is 21.1. The number of nitrogens with zero attached hydrogens (tertiary/aromatic N) is 7. The zero-order valence-electron chi connectivity index (χ0n) is 31.7. The maximum absolute atomic E-state index is 15.4. The normalized spacial score (nSPS) is 18.7. The van der Waals surface area contributed by atoms with Crippen LogP contribution in [0.5, 0.6) is 5.88 Å². The standard InChI is InChI=1S/C41H45FN10O4/c1-25-17-30(5-6-33(25)52-13-8-35(53)48-40(52)55)49-14-9-41(10-15-49)23-51(24-41)36(54)18-27-3-4-29(19-31(27)42)46-39-45-20-28-7-12-50(22-32(28)47-39)34-21-44-38-37(26(34)2)43-11-16-56-38/h3-6,17,19-21,43H,7-16,18,22-24H2,1-2H3,(H,45,46,47)(H,48,53,55). The summed E-state index contributed by atoms with van der Waals surface area (Å²) in [6.45, 7) is 10.3. The molecule has 3 saturated heterocycles. The Kier molecular flexibility index (Phi) is 9.09. The van der Waals surface area contributed by atoms with Gasteiger partial charge in [-0.25, -0.2) is 24.1 Å². The highest BCUT2D eigenvalue weighted by atomic mass is 19.1. The van der Waals surface area contributed by atoms with Gasteiger partial charge >= 0.3 is 6.03 Å². The van der Waals surface area contributed by atoms with Crippen LogP contribution in [0.1, 0.15) is 47.2 Å². The molecule has 4 amide bonds. The Morgan fingerprint density at radius 3 is 2.59 bits per heavy atom. The number of hydrogen-bond donors (Lipinski definition) is 3. The number of rotatable bonds is 7.